The van der Waals surface area contributed by atoms with Crippen LogP contribution >= 0.6 is 0 Å². The summed E-state index contributed by atoms with van der Waals surface area (Å²) in [6.07, 6.45) is 0.236. The summed E-state index contributed by atoms with van der Waals surface area (Å²) in [6, 6.07) is 0. The van der Waals surface area contributed by atoms with Crippen LogP contribution < -0.4 is 5.73 Å². The van der Waals surface area contributed by atoms with E-state index in [0.717, 1.165) is 0 Å². The standard InChI is InChI=1S/C6H9F2N3/c1-6(9,4(7)8)5-10-2-3-11-5/h2-4H,9H2,1H3,(H,10,11). The number of aromatic amines is 1. The van der Waals surface area contributed by atoms with Crippen LogP contribution in [0.15, 0.2) is 12.4 Å². The zero-order chi connectivity index (χ0) is 8.48. The highest BCUT2D eigenvalue weighted by molar-refractivity contribution is 5.04. The van der Waals surface area contributed by atoms with Crippen LogP contribution in [-0.4, -0.2) is 16.4 Å². The molecule has 0 aromatic carbocycles. The summed E-state index contributed by atoms with van der Waals surface area (Å²) in [7, 11) is 0. The molecule has 0 aliphatic heterocycles. The summed E-state index contributed by atoms with van der Waals surface area (Å²) >= 11 is 0. The second-order valence-corrected chi connectivity index (χ2v) is 2.52. The molecule has 0 saturated carbocycles. The predicted octanol–water partition coefficient (Wildman–Crippen LogP) is 0.849. The summed E-state index contributed by atoms with van der Waals surface area (Å²) in [4.78, 5) is 6.19. The van der Waals surface area contributed by atoms with Crippen LogP contribution in [0.1, 0.15) is 12.7 Å². The molecule has 0 fully saturated rings. The van der Waals surface area contributed by atoms with Gasteiger partial charge in [0.2, 0.25) is 0 Å². The molecule has 1 rings (SSSR count). The minimum Gasteiger partial charge on any atom is -0.347 e. The van der Waals surface area contributed by atoms with Gasteiger partial charge in [-0.25, -0.2) is 13.8 Å². The van der Waals surface area contributed by atoms with Gasteiger partial charge < -0.3 is 10.7 Å². The van der Waals surface area contributed by atoms with Gasteiger partial charge in [-0.1, -0.05) is 0 Å². The molecule has 1 aromatic heterocycles. The summed E-state index contributed by atoms with van der Waals surface area (Å²) in [5.74, 6) is 0.104. The largest absolute Gasteiger partial charge is 0.347 e. The van der Waals surface area contributed by atoms with Gasteiger partial charge in [0, 0.05) is 12.4 Å². The Labute approximate surface area is 62.6 Å². The Balaban J connectivity index is 2.90. The maximum atomic E-state index is 12.2. The molecule has 1 atom stereocenters. The van der Waals surface area contributed by atoms with Crippen LogP contribution in [0.2, 0.25) is 0 Å². The molecule has 0 aliphatic rings. The van der Waals surface area contributed by atoms with E-state index in [0.29, 0.717) is 0 Å². The van der Waals surface area contributed by atoms with Crippen molar-refractivity contribution in [2.24, 2.45) is 5.73 Å². The van der Waals surface area contributed by atoms with E-state index >= 15 is 0 Å². The minimum absolute atomic E-state index is 0.104. The van der Waals surface area contributed by atoms with Crippen molar-refractivity contribution in [2.75, 3.05) is 0 Å². The Bertz CT molecular complexity index is 218. The Kier molecular flexibility index (Phi) is 1.90. The molecule has 0 saturated heterocycles. The van der Waals surface area contributed by atoms with E-state index < -0.39 is 12.0 Å². The van der Waals surface area contributed by atoms with E-state index in [1.807, 2.05) is 0 Å². The Hall–Kier alpha value is -0.970. The van der Waals surface area contributed by atoms with E-state index in [2.05, 4.69) is 9.97 Å². The molecule has 1 aromatic rings. The van der Waals surface area contributed by atoms with Crippen molar-refractivity contribution < 1.29 is 8.78 Å². The first-order valence-electron chi connectivity index (χ1n) is 3.12. The number of hydrogen-bond acceptors (Lipinski definition) is 2. The van der Waals surface area contributed by atoms with Crippen molar-refractivity contribution in [1.29, 1.82) is 0 Å². The number of nitrogens with one attached hydrogen (secondary N) is 1. The van der Waals surface area contributed by atoms with E-state index in [-0.39, 0.29) is 5.82 Å². The molecule has 3 nitrogen and oxygen atoms in total. The van der Waals surface area contributed by atoms with E-state index in [9.17, 15) is 8.78 Å². The molecule has 0 amide bonds. The van der Waals surface area contributed by atoms with Crippen LogP contribution in [0.5, 0.6) is 0 Å². The molecule has 0 radical (unpaired) electrons. The van der Waals surface area contributed by atoms with Crippen molar-refractivity contribution in [2.45, 2.75) is 18.9 Å². The lowest BCUT2D eigenvalue weighted by Crippen LogP contribution is -2.41. The summed E-state index contributed by atoms with van der Waals surface area (Å²) in [6.45, 7) is 1.23. The van der Waals surface area contributed by atoms with Crippen LogP contribution in [0.4, 0.5) is 8.78 Å². The van der Waals surface area contributed by atoms with Crippen molar-refractivity contribution in [3.8, 4) is 0 Å². The summed E-state index contributed by atoms with van der Waals surface area (Å²) < 4.78 is 24.4. The fraction of sp³-hybridized carbons (Fsp3) is 0.500. The zero-order valence-corrected chi connectivity index (χ0v) is 6.01. The second-order valence-electron chi connectivity index (χ2n) is 2.52. The number of aromatic nitrogens is 2. The van der Waals surface area contributed by atoms with Gasteiger partial charge in [0.15, 0.2) is 0 Å². The van der Waals surface area contributed by atoms with Gasteiger partial charge in [0.1, 0.15) is 11.4 Å². The van der Waals surface area contributed by atoms with Gasteiger partial charge in [-0.3, -0.25) is 0 Å². The third-order valence-electron chi connectivity index (χ3n) is 1.46. The lowest BCUT2D eigenvalue weighted by Gasteiger charge is -2.20. The van der Waals surface area contributed by atoms with Crippen molar-refractivity contribution in [3.05, 3.63) is 18.2 Å². The maximum absolute atomic E-state index is 12.2. The first kappa shape index (κ1) is 8.13. The zero-order valence-electron chi connectivity index (χ0n) is 6.01. The third kappa shape index (κ3) is 1.37. The Morgan fingerprint density at radius 3 is 2.73 bits per heavy atom. The first-order valence-corrected chi connectivity index (χ1v) is 3.12. The quantitative estimate of drug-likeness (QED) is 0.675. The molecule has 0 bridgehead atoms. The number of halogens is 2. The van der Waals surface area contributed by atoms with Crippen molar-refractivity contribution in [1.82, 2.24) is 9.97 Å². The smallest absolute Gasteiger partial charge is 0.263 e. The van der Waals surface area contributed by atoms with Crippen LogP contribution in [0.25, 0.3) is 0 Å². The molecule has 3 N–H and O–H groups in total. The normalized spacial score (nSPS) is 16.8. The topological polar surface area (TPSA) is 54.7 Å². The van der Waals surface area contributed by atoms with Gasteiger partial charge in [-0.2, -0.15) is 0 Å². The summed E-state index contributed by atoms with van der Waals surface area (Å²) in [5, 5.41) is 0. The molecular weight excluding hydrogens is 152 g/mol. The van der Waals surface area contributed by atoms with E-state index in [1.54, 1.807) is 0 Å². The molecule has 5 heteroatoms. The highest BCUT2D eigenvalue weighted by Crippen LogP contribution is 2.21. The molecule has 11 heavy (non-hydrogen) atoms. The highest BCUT2D eigenvalue weighted by atomic mass is 19.3. The van der Waals surface area contributed by atoms with Gasteiger partial charge in [0.25, 0.3) is 6.43 Å². The van der Waals surface area contributed by atoms with Crippen molar-refractivity contribution in [3.63, 3.8) is 0 Å². The molecule has 62 valence electrons. The third-order valence-corrected chi connectivity index (χ3v) is 1.46. The molecule has 0 aliphatic carbocycles. The number of rotatable bonds is 2. The molecule has 1 heterocycles. The van der Waals surface area contributed by atoms with Crippen LogP contribution in [0, 0.1) is 0 Å². The molecule has 1 unspecified atom stereocenters. The average Bonchev–Trinajstić information content (AvgIpc) is 2.37. The number of H-pyrrole nitrogens is 1. The second kappa shape index (κ2) is 2.58. The number of nitrogens with two attached hydrogens (primary N) is 1. The van der Waals surface area contributed by atoms with Gasteiger partial charge in [-0.05, 0) is 6.92 Å². The van der Waals surface area contributed by atoms with E-state index in [4.69, 9.17) is 5.73 Å². The minimum atomic E-state index is -2.62. The lowest BCUT2D eigenvalue weighted by molar-refractivity contribution is 0.0581. The lowest BCUT2D eigenvalue weighted by atomic mass is 10.1. The number of alkyl halides is 2. The Morgan fingerprint density at radius 2 is 2.36 bits per heavy atom. The fourth-order valence-corrected chi connectivity index (χ4v) is 0.663. The molecule has 0 spiro atoms. The fourth-order valence-electron chi connectivity index (χ4n) is 0.663. The van der Waals surface area contributed by atoms with Crippen molar-refractivity contribution >= 4 is 0 Å². The number of hydrogen-bond donors (Lipinski definition) is 2. The van der Waals surface area contributed by atoms with Gasteiger partial charge in [0.05, 0.1) is 0 Å². The monoisotopic (exact) mass is 161 g/mol. The number of imidazole rings is 1. The number of nitrogens with zero attached hydrogens (tertiary/aromatic N) is 1. The first-order chi connectivity index (χ1) is 5.05. The molecular formula is C6H9F2N3. The highest BCUT2D eigenvalue weighted by Gasteiger charge is 2.34. The predicted molar refractivity (Wildman–Crippen MR) is 36.1 cm³/mol. The average molecular weight is 161 g/mol. The van der Waals surface area contributed by atoms with Gasteiger partial charge >= 0.3 is 0 Å². The van der Waals surface area contributed by atoms with Gasteiger partial charge in [-0.15, -0.1) is 0 Å². The van der Waals surface area contributed by atoms with E-state index in [1.165, 1.54) is 19.3 Å². The van der Waals surface area contributed by atoms with Crippen LogP contribution in [0.3, 0.4) is 0 Å². The maximum Gasteiger partial charge on any atom is 0.263 e. The van der Waals surface area contributed by atoms with Crippen LogP contribution in [-0.2, 0) is 5.54 Å². The summed E-state index contributed by atoms with van der Waals surface area (Å²) in [5.41, 5.74) is 3.60. The Morgan fingerprint density at radius 1 is 1.73 bits per heavy atom. The SMILES string of the molecule is CC(N)(c1ncc[nH]1)C(F)F.